The van der Waals surface area contributed by atoms with Crippen molar-refractivity contribution >= 4 is 9.84 Å². The molecule has 0 aromatic heterocycles. The van der Waals surface area contributed by atoms with Crippen molar-refractivity contribution in [2.45, 2.75) is 31.6 Å². The quantitative estimate of drug-likeness (QED) is 0.834. The standard InChI is InChI=1S/C16H22O5S/c1-14(2,3)15-9-19-16(20-10-15,21-11-15)12-5-7-13(8-6-12)22(4,17)18/h5-8H,9-11H2,1-4H3. The van der Waals surface area contributed by atoms with Gasteiger partial charge in [0, 0.05) is 17.2 Å². The van der Waals surface area contributed by atoms with Crippen LogP contribution in [0.1, 0.15) is 26.3 Å². The molecule has 2 bridgehead atoms. The Hall–Kier alpha value is -0.950. The predicted molar refractivity (Wildman–Crippen MR) is 81.0 cm³/mol. The van der Waals surface area contributed by atoms with Gasteiger partial charge in [0.05, 0.1) is 24.7 Å². The molecule has 3 fully saturated rings. The van der Waals surface area contributed by atoms with E-state index in [0.29, 0.717) is 25.4 Å². The van der Waals surface area contributed by atoms with Gasteiger partial charge in [-0.15, -0.1) is 0 Å². The van der Waals surface area contributed by atoms with Gasteiger partial charge in [-0.25, -0.2) is 8.42 Å². The van der Waals surface area contributed by atoms with E-state index < -0.39 is 15.8 Å². The molecule has 3 aliphatic rings. The summed E-state index contributed by atoms with van der Waals surface area (Å²) in [6.07, 6.45) is 1.18. The maximum atomic E-state index is 11.5. The van der Waals surface area contributed by atoms with Crippen LogP contribution < -0.4 is 0 Å². The normalized spacial score (nSPS) is 32.2. The highest BCUT2D eigenvalue weighted by Crippen LogP contribution is 2.51. The Labute approximate surface area is 131 Å². The number of sulfone groups is 1. The first-order valence-corrected chi connectivity index (χ1v) is 9.20. The summed E-state index contributed by atoms with van der Waals surface area (Å²) in [6.45, 7) is 8.14. The van der Waals surface area contributed by atoms with E-state index in [1.807, 2.05) is 0 Å². The molecule has 0 N–H and O–H groups in total. The zero-order chi connectivity index (χ0) is 16.2. The second-order valence-electron chi connectivity index (χ2n) is 7.25. The van der Waals surface area contributed by atoms with Crippen LogP contribution in [0.25, 0.3) is 0 Å². The third kappa shape index (κ3) is 2.38. The molecule has 0 spiro atoms. The van der Waals surface area contributed by atoms with E-state index in [-0.39, 0.29) is 15.7 Å². The largest absolute Gasteiger partial charge is 0.323 e. The Balaban J connectivity index is 1.86. The van der Waals surface area contributed by atoms with Gasteiger partial charge in [-0.3, -0.25) is 0 Å². The van der Waals surface area contributed by atoms with Crippen LogP contribution in [0.4, 0.5) is 0 Å². The van der Waals surface area contributed by atoms with E-state index in [0.717, 1.165) is 0 Å². The molecule has 0 aliphatic carbocycles. The van der Waals surface area contributed by atoms with Gasteiger partial charge >= 0.3 is 5.97 Å². The Morgan fingerprint density at radius 1 is 0.955 bits per heavy atom. The fourth-order valence-corrected chi connectivity index (χ4v) is 3.39. The minimum Gasteiger partial charge on any atom is -0.323 e. The molecule has 0 amide bonds. The number of hydrogen-bond acceptors (Lipinski definition) is 5. The Morgan fingerprint density at radius 3 is 1.77 bits per heavy atom. The van der Waals surface area contributed by atoms with Gasteiger partial charge in [-0.1, -0.05) is 20.8 Å². The van der Waals surface area contributed by atoms with E-state index in [2.05, 4.69) is 20.8 Å². The van der Waals surface area contributed by atoms with Gasteiger partial charge < -0.3 is 14.2 Å². The average Bonchev–Trinajstić information content (AvgIpc) is 2.47. The van der Waals surface area contributed by atoms with Gasteiger partial charge in [0.25, 0.3) is 0 Å². The molecule has 3 saturated heterocycles. The molecule has 0 saturated carbocycles. The lowest BCUT2D eigenvalue weighted by atomic mass is 9.67. The third-order valence-corrected chi connectivity index (χ3v) is 5.97. The van der Waals surface area contributed by atoms with Crippen molar-refractivity contribution in [1.29, 1.82) is 0 Å². The van der Waals surface area contributed by atoms with Crippen LogP contribution in [0.3, 0.4) is 0 Å². The smallest absolute Gasteiger partial charge is 0.312 e. The first-order chi connectivity index (χ1) is 10.1. The van der Waals surface area contributed by atoms with Crippen LogP contribution in [0, 0.1) is 10.8 Å². The van der Waals surface area contributed by atoms with Crippen molar-refractivity contribution in [1.82, 2.24) is 0 Å². The van der Waals surface area contributed by atoms with E-state index in [1.165, 1.54) is 6.26 Å². The summed E-state index contributed by atoms with van der Waals surface area (Å²) < 4.78 is 40.8. The maximum Gasteiger partial charge on any atom is 0.312 e. The van der Waals surface area contributed by atoms with E-state index in [9.17, 15) is 8.42 Å². The van der Waals surface area contributed by atoms with Crippen molar-refractivity contribution in [3.05, 3.63) is 29.8 Å². The molecule has 22 heavy (non-hydrogen) atoms. The van der Waals surface area contributed by atoms with Gasteiger partial charge in [-0.05, 0) is 29.7 Å². The zero-order valence-electron chi connectivity index (χ0n) is 13.4. The highest BCUT2D eigenvalue weighted by atomic mass is 32.2. The third-order valence-electron chi connectivity index (χ3n) is 4.84. The molecular weight excluding hydrogens is 304 g/mol. The van der Waals surface area contributed by atoms with Crippen LogP contribution >= 0.6 is 0 Å². The van der Waals surface area contributed by atoms with E-state index >= 15 is 0 Å². The topological polar surface area (TPSA) is 61.8 Å². The number of benzene rings is 1. The van der Waals surface area contributed by atoms with Crippen LogP contribution in [0.2, 0.25) is 0 Å². The average molecular weight is 326 g/mol. The zero-order valence-corrected chi connectivity index (χ0v) is 14.2. The molecule has 122 valence electrons. The number of ether oxygens (including phenoxy) is 3. The molecule has 6 heteroatoms. The van der Waals surface area contributed by atoms with E-state index in [4.69, 9.17) is 14.2 Å². The second kappa shape index (κ2) is 4.77. The van der Waals surface area contributed by atoms with Crippen molar-refractivity contribution in [2.24, 2.45) is 10.8 Å². The molecule has 1 aromatic rings. The van der Waals surface area contributed by atoms with Crippen LogP contribution in [0.15, 0.2) is 29.2 Å². The lowest BCUT2D eigenvalue weighted by Crippen LogP contribution is -2.62. The summed E-state index contributed by atoms with van der Waals surface area (Å²) in [5.41, 5.74) is 0.545. The first kappa shape index (κ1) is 15.9. The Kier molecular flexibility index (Phi) is 3.45. The summed E-state index contributed by atoms with van der Waals surface area (Å²) in [7, 11) is -3.22. The van der Waals surface area contributed by atoms with Crippen molar-refractivity contribution < 1.29 is 22.6 Å². The van der Waals surface area contributed by atoms with Crippen molar-refractivity contribution in [2.75, 3.05) is 26.1 Å². The molecule has 0 atom stereocenters. The van der Waals surface area contributed by atoms with Gasteiger partial charge in [0.1, 0.15) is 0 Å². The second-order valence-corrected chi connectivity index (χ2v) is 9.26. The highest BCUT2D eigenvalue weighted by molar-refractivity contribution is 7.90. The van der Waals surface area contributed by atoms with Crippen molar-refractivity contribution in [3.63, 3.8) is 0 Å². The Morgan fingerprint density at radius 2 is 1.41 bits per heavy atom. The highest BCUT2D eigenvalue weighted by Gasteiger charge is 2.57. The number of fused-ring (bicyclic) bond motifs is 3. The molecular formula is C16H22O5S. The number of hydrogen-bond donors (Lipinski definition) is 0. The Bertz CT molecular complexity index is 645. The fraction of sp³-hybridized carbons (Fsp3) is 0.625. The molecule has 4 rings (SSSR count). The molecule has 0 radical (unpaired) electrons. The molecule has 3 heterocycles. The summed E-state index contributed by atoms with van der Waals surface area (Å²) in [5, 5.41) is 0. The SMILES string of the molecule is CC(C)(C)C12COC(c3ccc(S(C)(=O)=O)cc3)(OC1)OC2. The monoisotopic (exact) mass is 326 g/mol. The first-order valence-electron chi connectivity index (χ1n) is 7.31. The lowest BCUT2D eigenvalue weighted by molar-refractivity contribution is -0.489. The van der Waals surface area contributed by atoms with Crippen LogP contribution in [0.5, 0.6) is 0 Å². The maximum absolute atomic E-state index is 11.5. The lowest BCUT2D eigenvalue weighted by Gasteiger charge is -2.56. The van der Waals surface area contributed by atoms with E-state index in [1.54, 1.807) is 24.3 Å². The van der Waals surface area contributed by atoms with Gasteiger partial charge in [0.15, 0.2) is 9.84 Å². The number of rotatable bonds is 2. The van der Waals surface area contributed by atoms with Crippen molar-refractivity contribution in [3.8, 4) is 0 Å². The van der Waals surface area contributed by atoms with Gasteiger partial charge in [0.2, 0.25) is 0 Å². The minimum atomic E-state index is -3.22. The van der Waals surface area contributed by atoms with Gasteiger partial charge in [-0.2, -0.15) is 0 Å². The predicted octanol–water partition coefficient (Wildman–Crippen LogP) is 2.31. The molecule has 5 nitrogen and oxygen atoms in total. The molecule has 1 aromatic carbocycles. The molecule has 0 unspecified atom stereocenters. The summed E-state index contributed by atoms with van der Waals surface area (Å²) >= 11 is 0. The fourth-order valence-electron chi connectivity index (χ4n) is 2.76. The summed E-state index contributed by atoms with van der Waals surface area (Å²) in [6, 6.07) is 6.48. The van der Waals surface area contributed by atoms with Crippen LogP contribution in [-0.4, -0.2) is 34.5 Å². The minimum absolute atomic E-state index is 0.0136. The summed E-state index contributed by atoms with van der Waals surface area (Å²) in [5.74, 6) is -1.21. The van der Waals surface area contributed by atoms with Crippen LogP contribution in [-0.2, 0) is 30.0 Å². The summed E-state index contributed by atoms with van der Waals surface area (Å²) in [4.78, 5) is 0.267. The molecule has 3 aliphatic heterocycles.